The predicted molar refractivity (Wildman–Crippen MR) is 76.5 cm³/mol. The Labute approximate surface area is 133 Å². The summed E-state index contributed by atoms with van der Waals surface area (Å²) in [5.41, 5.74) is -0.271. The molecule has 1 fully saturated rings. The number of ether oxygens (including phenoxy) is 1. The highest BCUT2D eigenvalue weighted by Crippen LogP contribution is 2.22. The molecule has 2 N–H and O–H groups in total. The van der Waals surface area contributed by atoms with E-state index in [0.717, 1.165) is 18.6 Å². The lowest BCUT2D eigenvalue weighted by Crippen LogP contribution is -2.42. The molecule has 0 saturated carbocycles. The number of carbonyl (C=O) groups is 2. The van der Waals surface area contributed by atoms with E-state index in [1.54, 1.807) is 0 Å². The molecular formula is C14H14BrF2NO4. The van der Waals surface area contributed by atoms with Crippen molar-refractivity contribution in [3.8, 4) is 0 Å². The van der Waals surface area contributed by atoms with Crippen molar-refractivity contribution in [2.45, 2.75) is 18.9 Å². The van der Waals surface area contributed by atoms with E-state index in [9.17, 15) is 23.5 Å². The van der Waals surface area contributed by atoms with Crippen LogP contribution in [-0.2, 0) is 9.53 Å². The Morgan fingerprint density at radius 1 is 1.41 bits per heavy atom. The Kier molecular flexibility index (Phi) is 5.47. The summed E-state index contributed by atoms with van der Waals surface area (Å²) in [6, 6.07) is 0.564. The largest absolute Gasteiger partial charge is 0.480 e. The van der Waals surface area contributed by atoms with Gasteiger partial charge in [0.2, 0.25) is 0 Å². The van der Waals surface area contributed by atoms with Crippen LogP contribution in [0.15, 0.2) is 16.6 Å². The number of aliphatic carboxylic acids is 1. The molecule has 1 aliphatic rings. The molecule has 0 aromatic heterocycles. The molecule has 0 aliphatic carbocycles. The molecule has 1 aromatic carbocycles. The second-order valence-electron chi connectivity index (χ2n) is 5.08. The van der Waals surface area contributed by atoms with Crippen LogP contribution in [0.4, 0.5) is 8.78 Å². The lowest BCUT2D eigenvalue weighted by molar-refractivity contribution is -0.139. The van der Waals surface area contributed by atoms with E-state index < -0.39 is 29.6 Å². The van der Waals surface area contributed by atoms with Gasteiger partial charge in [0.25, 0.3) is 5.91 Å². The van der Waals surface area contributed by atoms with Crippen LogP contribution in [0.25, 0.3) is 0 Å². The first kappa shape index (κ1) is 16.8. The number of rotatable bonds is 5. The van der Waals surface area contributed by atoms with Crippen LogP contribution < -0.4 is 5.32 Å². The van der Waals surface area contributed by atoms with Crippen LogP contribution in [-0.4, -0.2) is 36.2 Å². The summed E-state index contributed by atoms with van der Waals surface area (Å²) in [6.45, 7) is 1.01. The van der Waals surface area contributed by atoms with Crippen molar-refractivity contribution in [1.82, 2.24) is 5.32 Å². The van der Waals surface area contributed by atoms with Gasteiger partial charge in [-0.25, -0.2) is 13.6 Å². The summed E-state index contributed by atoms with van der Waals surface area (Å²) in [7, 11) is 0. The van der Waals surface area contributed by atoms with Gasteiger partial charge in [-0.05, 0) is 46.8 Å². The number of benzene rings is 1. The Bertz CT molecular complexity index is 567. The summed E-state index contributed by atoms with van der Waals surface area (Å²) in [4.78, 5) is 23.2. The van der Waals surface area contributed by atoms with Crippen LogP contribution >= 0.6 is 15.9 Å². The Morgan fingerprint density at radius 3 is 2.55 bits per heavy atom. The predicted octanol–water partition coefficient (Wildman–Crippen LogP) is 2.34. The molecule has 22 heavy (non-hydrogen) atoms. The molecule has 5 nitrogen and oxygen atoms in total. The number of hydrogen-bond acceptors (Lipinski definition) is 3. The number of carboxylic acid groups (broad SMARTS) is 1. The van der Waals surface area contributed by atoms with E-state index in [-0.39, 0.29) is 22.4 Å². The van der Waals surface area contributed by atoms with Crippen molar-refractivity contribution in [3.63, 3.8) is 0 Å². The minimum absolute atomic E-state index is 0.0415. The van der Waals surface area contributed by atoms with E-state index in [1.807, 2.05) is 0 Å². The van der Waals surface area contributed by atoms with Crippen molar-refractivity contribution in [3.05, 3.63) is 33.8 Å². The zero-order chi connectivity index (χ0) is 16.3. The maximum atomic E-state index is 13.4. The molecule has 120 valence electrons. The Balaban J connectivity index is 2.09. The molecule has 2 rings (SSSR count). The van der Waals surface area contributed by atoms with Crippen molar-refractivity contribution < 1.29 is 28.2 Å². The van der Waals surface area contributed by atoms with Gasteiger partial charge in [-0.3, -0.25) is 4.79 Å². The van der Waals surface area contributed by atoms with Gasteiger partial charge in [0.15, 0.2) is 0 Å². The molecule has 0 spiro atoms. The van der Waals surface area contributed by atoms with Gasteiger partial charge in [-0.15, -0.1) is 0 Å². The first-order chi connectivity index (χ1) is 10.4. The lowest BCUT2D eigenvalue weighted by Gasteiger charge is -2.17. The number of nitrogens with one attached hydrogen (secondary N) is 1. The van der Waals surface area contributed by atoms with Crippen molar-refractivity contribution >= 4 is 27.8 Å². The number of carbonyl (C=O) groups excluding carboxylic acids is 1. The van der Waals surface area contributed by atoms with Crippen molar-refractivity contribution in [1.29, 1.82) is 0 Å². The smallest absolute Gasteiger partial charge is 0.326 e. The van der Waals surface area contributed by atoms with Crippen LogP contribution in [0.3, 0.4) is 0 Å². The SMILES string of the molecule is O=C(NC(CC1CCOC1)C(=O)O)c1cc(F)c(Br)c(F)c1. The molecule has 1 heterocycles. The molecule has 8 heteroatoms. The summed E-state index contributed by atoms with van der Waals surface area (Å²) < 4.78 is 31.6. The second-order valence-corrected chi connectivity index (χ2v) is 5.88. The average Bonchev–Trinajstić information content (AvgIpc) is 2.96. The van der Waals surface area contributed by atoms with Crippen LogP contribution in [0.2, 0.25) is 0 Å². The highest BCUT2D eigenvalue weighted by molar-refractivity contribution is 9.10. The van der Waals surface area contributed by atoms with Gasteiger partial charge < -0.3 is 15.2 Å². The average molecular weight is 378 g/mol. The molecule has 2 atom stereocenters. The van der Waals surface area contributed by atoms with Gasteiger partial charge in [0.1, 0.15) is 17.7 Å². The van der Waals surface area contributed by atoms with Crippen LogP contribution in [0.5, 0.6) is 0 Å². The molecule has 1 amide bonds. The van der Waals surface area contributed by atoms with E-state index in [4.69, 9.17) is 4.74 Å². The van der Waals surface area contributed by atoms with Crippen LogP contribution in [0, 0.1) is 17.6 Å². The molecule has 2 unspecified atom stereocenters. The zero-order valence-electron chi connectivity index (χ0n) is 11.4. The number of amides is 1. The maximum absolute atomic E-state index is 13.4. The highest BCUT2D eigenvalue weighted by atomic mass is 79.9. The van der Waals surface area contributed by atoms with Crippen LogP contribution in [0.1, 0.15) is 23.2 Å². The topological polar surface area (TPSA) is 75.6 Å². The first-order valence-electron chi connectivity index (χ1n) is 6.64. The third-order valence-corrected chi connectivity index (χ3v) is 4.20. The lowest BCUT2D eigenvalue weighted by atomic mass is 9.99. The number of hydrogen-bond donors (Lipinski definition) is 2. The fraction of sp³-hybridized carbons (Fsp3) is 0.429. The van der Waals surface area contributed by atoms with Crippen molar-refractivity contribution in [2.24, 2.45) is 5.92 Å². The van der Waals surface area contributed by atoms with E-state index >= 15 is 0 Å². The number of carboxylic acids is 1. The second kappa shape index (κ2) is 7.15. The van der Waals surface area contributed by atoms with E-state index in [2.05, 4.69) is 21.2 Å². The maximum Gasteiger partial charge on any atom is 0.326 e. The quantitative estimate of drug-likeness (QED) is 0.772. The summed E-state index contributed by atoms with van der Waals surface area (Å²) in [5, 5.41) is 11.5. The molecule has 1 aliphatic heterocycles. The summed E-state index contributed by atoms with van der Waals surface area (Å²) in [5.74, 6) is -3.85. The van der Waals surface area contributed by atoms with E-state index in [1.165, 1.54) is 0 Å². The van der Waals surface area contributed by atoms with Gasteiger partial charge in [-0.1, -0.05) is 0 Å². The minimum Gasteiger partial charge on any atom is -0.480 e. The number of halogens is 3. The van der Waals surface area contributed by atoms with Crippen molar-refractivity contribution in [2.75, 3.05) is 13.2 Å². The fourth-order valence-corrected chi connectivity index (χ4v) is 2.48. The van der Waals surface area contributed by atoms with Gasteiger partial charge in [0, 0.05) is 18.8 Å². The summed E-state index contributed by atoms with van der Waals surface area (Å²) >= 11 is 2.71. The van der Waals surface area contributed by atoms with Gasteiger partial charge in [0.05, 0.1) is 4.47 Å². The Hall–Kier alpha value is -1.54. The third kappa shape index (κ3) is 4.01. The molecule has 0 radical (unpaired) electrons. The molecule has 0 bridgehead atoms. The molecule has 1 aromatic rings. The van der Waals surface area contributed by atoms with Gasteiger partial charge >= 0.3 is 5.97 Å². The minimum atomic E-state index is -1.20. The Morgan fingerprint density at radius 2 is 2.05 bits per heavy atom. The third-order valence-electron chi connectivity index (χ3n) is 3.44. The highest BCUT2D eigenvalue weighted by Gasteiger charge is 2.27. The normalized spacial score (nSPS) is 19.0. The molecule has 1 saturated heterocycles. The standard InChI is InChI=1S/C14H14BrF2NO4/c15-12-9(16)4-8(5-10(12)17)13(19)18-11(14(20)21)3-7-1-2-22-6-7/h4-5,7,11H,1-3,6H2,(H,18,19)(H,20,21). The summed E-state index contributed by atoms with van der Waals surface area (Å²) in [6.07, 6.45) is 0.934. The fourth-order valence-electron chi connectivity index (χ4n) is 2.25. The van der Waals surface area contributed by atoms with E-state index in [0.29, 0.717) is 13.2 Å². The van der Waals surface area contributed by atoms with Gasteiger partial charge in [-0.2, -0.15) is 0 Å². The monoisotopic (exact) mass is 377 g/mol. The first-order valence-corrected chi connectivity index (χ1v) is 7.43. The molecular weight excluding hydrogens is 364 g/mol. The zero-order valence-corrected chi connectivity index (χ0v) is 13.0.